The minimum Gasteiger partial charge on any atom is -0.480 e. The fourth-order valence-corrected chi connectivity index (χ4v) is 2.24. The Morgan fingerprint density at radius 1 is 1.32 bits per heavy atom. The van der Waals surface area contributed by atoms with E-state index < -0.39 is 23.7 Å². The number of amides is 1. The summed E-state index contributed by atoms with van der Waals surface area (Å²) in [5.41, 5.74) is 2.36. The molecular weight excluding hydrogens is 286 g/mol. The molecule has 1 aliphatic rings. The van der Waals surface area contributed by atoms with Crippen LogP contribution in [0.25, 0.3) is 0 Å². The molecule has 22 heavy (non-hydrogen) atoms. The Bertz CT molecular complexity index is 576. The van der Waals surface area contributed by atoms with Gasteiger partial charge >= 0.3 is 12.1 Å². The molecule has 0 unspecified atom stereocenters. The summed E-state index contributed by atoms with van der Waals surface area (Å²) in [7, 11) is 0. The van der Waals surface area contributed by atoms with Crippen LogP contribution in [-0.4, -0.2) is 28.8 Å². The van der Waals surface area contributed by atoms with E-state index in [0.717, 1.165) is 16.7 Å². The molecule has 1 heterocycles. The Hall–Kier alpha value is -2.08. The molecule has 0 aromatic heterocycles. The summed E-state index contributed by atoms with van der Waals surface area (Å²) >= 11 is 0. The highest BCUT2D eigenvalue weighted by atomic mass is 16.6. The zero-order valence-corrected chi connectivity index (χ0v) is 13.0. The molecule has 1 aromatic carbocycles. The van der Waals surface area contributed by atoms with E-state index in [9.17, 15) is 14.7 Å². The third-order valence-electron chi connectivity index (χ3n) is 3.21. The summed E-state index contributed by atoms with van der Waals surface area (Å²) in [6, 6.07) is 4.69. The van der Waals surface area contributed by atoms with Crippen molar-refractivity contribution in [3.63, 3.8) is 0 Å². The number of rotatable bonds is 4. The van der Waals surface area contributed by atoms with Crippen molar-refractivity contribution in [2.24, 2.45) is 0 Å². The Balaban J connectivity index is 2.03. The number of hydrogen-bond donors (Lipinski definition) is 2. The highest BCUT2D eigenvalue weighted by Gasteiger charge is 2.24. The second-order valence-electron chi connectivity index (χ2n) is 6.34. The van der Waals surface area contributed by atoms with Crippen molar-refractivity contribution in [2.45, 2.75) is 52.0 Å². The first-order valence-corrected chi connectivity index (χ1v) is 7.15. The average Bonchev–Trinajstić information content (AvgIpc) is 2.82. The smallest absolute Gasteiger partial charge is 0.408 e. The summed E-state index contributed by atoms with van der Waals surface area (Å²) in [6.45, 7) is 6.31. The average molecular weight is 307 g/mol. The summed E-state index contributed by atoms with van der Waals surface area (Å²) < 4.78 is 10.4. The Kier molecular flexibility index (Phi) is 4.71. The first-order valence-electron chi connectivity index (χ1n) is 7.15. The van der Waals surface area contributed by atoms with E-state index in [2.05, 4.69) is 5.32 Å². The van der Waals surface area contributed by atoms with E-state index in [0.29, 0.717) is 13.2 Å². The summed E-state index contributed by atoms with van der Waals surface area (Å²) in [4.78, 5) is 23.1. The van der Waals surface area contributed by atoms with E-state index in [1.807, 2.05) is 18.2 Å². The van der Waals surface area contributed by atoms with Gasteiger partial charge in [-0.2, -0.15) is 0 Å². The number of nitrogens with one attached hydrogen (secondary N) is 1. The molecule has 0 spiro atoms. The van der Waals surface area contributed by atoms with Crippen LogP contribution < -0.4 is 5.32 Å². The van der Waals surface area contributed by atoms with E-state index in [1.54, 1.807) is 20.8 Å². The lowest BCUT2D eigenvalue weighted by Gasteiger charge is -2.22. The maximum absolute atomic E-state index is 11.7. The van der Waals surface area contributed by atoms with Gasteiger partial charge in [-0.15, -0.1) is 0 Å². The Morgan fingerprint density at radius 2 is 2.00 bits per heavy atom. The van der Waals surface area contributed by atoms with E-state index >= 15 is 0 Å². The number of carboxylic acid groups (broad SMARTS) is 1. The van der Waals surface area contributed by atoms with Crippen LogP contribution in [0.1, 0.15) is 37.5 Å². The monoisotopic (exact) mass is 307 g/mol. The summed E-state index contributed by atoms with van der Waals surface area (Å²) in [5, 5.41) is 11.7. The fraction of sp³-hybridized carbons (Fsp3) is 0.500. The normalized spacial score (nSPS) is 15.0. The maximum Gasteiger partial charge on any atom is 0.408 e. The topological polar surface area (TPSA) is 84.9 Å². The third kappa shape index (κ3) is 4.46. The van der Waals surface area contributed by atoms with Gasteiger partial charge < -0.3 is 19.9 Å². The molecule has 0 saturated carbocycles. The molecule has 1 aromatic rings. The van der Waals surface area contributed by atoms with Crippen LogP contribution in [0.4, 0.5) is 4.79 Å². The van der Waals surface area contributed by atoms with Gasteiger partial charge in [-0.1, -0.05) is 18.2 Å². The number of ether oxygens (including phenoxy) is 2. The largest absolute Gasteiger partial charge is 0.480 e. The minimum absolute atomic E-state index is 0.196. The van der Waals surface area contributed by atoms with Gasteiger partial charge in [0.25, 0.3) is 0 Å². The van der Waals surface area contributed by atoms with Crippen LogP contribution in [0.15, 0.2) is 18.2 Å². The Morgan fingerprint density at radius 3 is 2.64 bits per heavy atom. The lowest BCUT2D eigenvalue weighted by molar-refractivity contribution is -0.139. The number of aliphatic carboxylic acids is 1. The summed E-state index contributed by atoms with van der Waals surface area (Å²) in [5.74, 6) is -1.09. The van der Waals surface area contributed by atoms with Crippen molar-refractivity contribution in [2.75, 3.05) is 0 Å². The first-order chi connectivity index (χ1) is 10.2. The second-order valence-corrected chi connectivity index (χ2v) is 6.34. The van der Waals surface area contributed by atoms with Gasteiger partial charge in [-0.05, 0) is 37.5 Å². The van der Waals surface area contributed by atoms with Gasteiger partial charge in [-0.3, -0.25) is 0 Å². The number of carbonyl (C=O) groups excluding carboxylic acids is 1. The van der Waals surface area contributed by atoms with Crippen LogP contribution in [0.2, 0.25) is 0 Å². The van der Waals surface area contributed by atoms with E-state index in [-0.39, 0.29) is 6.42 Å². The van der Waals surface area contributed by atoms with Crippen molar-refractivity contribution >= 4 is 12.1 Å². The number of benzene rings is 1. The van der Waals surface area contributed by atoms with Crippen molar-refractivity contribution in [1.82, 2.24) is 5.32 Å². The lowest BCUT2D eigenvalue weighted by Crippen LogP contribution is -2.44. The number of alkyl carbamates (subject to hydrolysis) is 1. The number of carboxylic acids is 1. The highest BCUT2D eigenvalue weighted by Crippen LogP contribution is 2.21. The standard InChI is InChI=1S/C16H21NO5/c1-16(2,3)22-15(20)17-13(14(18)19)7-10-4-5-11-8-21-9-12(11)6-10/h4-6,13H,7-9H2,1-3H3,(H,17,20)(H,18,19)/t13-/m0/s1. The van der Waals surface area contributed by atoms with Crippen molar-refractivity contribution in [1.29, 1.82) is 0 Å². The van der Waals surface area contributed by atoms with Gasteiger partial charge in [0.2, 0.25) is 0 Å². The van der Waals surface area contributed by atoms with Crippen LogP contribution in [-0.2, 0) is 33.9 Å². The third-order valence-corrected chi connectivity index (χ3v) is 3.21. The highest BCUT2D eigenvalue weighted by molar-refractivity contribution is 5.80. The zero-order chi connectivity index (χ0) is 16.3. The number of fused-ring (bicyclic) bond motifs is 1. The maximum atomic E-state index is 11.7. The number of hydrogen-bond acceptors (Lipinski definition) is 4. The molecule has 1 atom stereocenters. The van der Waals surface area contributed by atoms with Crippen molar-refractivity contribution in [3.8, 4) is 0 Å². The zero-order valence-electron chi connectivity index (χ0n) is 13.0. The molecule has 0 saturated heterocycles. The molecule has 0 bridgehead atoms. The van der Waals surface area contributed by atoms with Gasteiger partial charge in [0.15, 0.2) is 0 Å². The molecule has 6 nitrogen and oxygen atoms in total. The Labute approximate surface area is 129 Å². The van der Waals surface area contributed by atoms with E-state index in [1.165, 1.54) is 0 Å². The first kappa shape index (κ1) is 16.3. The molecule has 2 N–H and O–H groups in total. The van der Waals surface area contributed by atoms with Crippen LogP contribution in [0.3, 0.4) is 0 Å². The molecular formula is C16H21NO5. The van der Waals surface area contributed by atoms with Crippen LogP contribution >= 0.6 is 0 Å². The lowest BCUT2D eigenvalue weighted by atomic mass is 10.0. The quantitative estimate of drug-likeness (QED) is 0.891. The minimum atomic E-state index is -1.09. The molecule has 1 amide bonds. The van der Waals surface area contributed by atoms with Crippen LogP contribution in [0, 0.1) is 0 Å². The van der Waals surface area contributed by atoms with Crippen molar-refractivity contribution < 1.29 is 24.2 Å². The molecule has 0 fully saturated rings. The SMILES string of the molecule is CC(C)(C)OC(=O)N[C@@H](Cc1ccc2c(c1)COC2)C(=O)O. The van der Waals surface area contributed by atoms with Gasteiger partial charge in [-0.25, -0.2) is 9.59 Å². The van der Waals surface area contributed by atoms with Gasteiger partial charge in [0, 0.05) is 6.42 Å². The van der Waals surface area contributed by atoms with Crippen LogP contribution in [0.5, 0.6) is 0 Å². The molecule has 1 aliphatic heterocycles. The van der Waals surface area contributed by atoms with E-state index in [4.69, 9.17) is 9.47 Å². The molecule has 0 radical (unpaired) electrons. The second kappa shape index (κ2) is 6.36. The van der Waals surface area contributed by atoms with Gasteiger partial charge in [0.1, 0.15) is 11.6 Å². The number of carbonyl (C=O) groups is 2. The fourth-order valence-electron chi connectivity index (χ4n) is 2.24. The van der Waals surface area contributed by atoms with Gasteiger partial charge in [0.05, 0.1) is 13.2 Å². The predicted octanol–water partition coefficient (Wildman–Crippen LogP) is 2.24. The van der Waals surface area contributed by atoms with Crippen molar-refractivity contribution in [3.05, 3.63) is 34.9 Å². The summed E-state index contributed by atoms with van der Waals surface area (Å²) in [6.07, 6.45) is -0.536. The molecule has 6 heteroatoms. The molecule has 120 valence electrons. The molecule has 0 aliphatic carbocycles. The predicted molar refractivity (Wildman–Crippen MR) is 79.4 cm³/mol. The molecule has 2 rings (SSSR count).